The molecule has 8 N–H and O–H groups in total. The number of halogens is 1. The molecule has 222 valence electrons. The van der Waals surface area contributed by atoms with Crippen LogP contribution in [0.25, 0.3) is 21.8 Å². The lowest BCUT2D eigenvalue weighted by atomic mass is 10.1. The van der Waals surface area contributed by atoms with Crippen LogP contribution in [0.15, 0.2) is 48.8 Å². The Morgan fingerprint density at radius 1 is 0.780 bits per heavy atom. The van der Waals surface area contributed by atoms with Crippen LogP contribution in [0.4, 0.5) is 0 Å². The van der Waals surface area contributed by atoms with Crippen LogP contribution in [-0.4, -0.2) is 72.7 Å². The maximum Gasteiger partial charge on any atom is 0.237 e. The number of hydrogen-bond acceptors (Lipinski definition) is 8. The Kier molecular flexibility index (Phi) is 12.7. The number of carbonyl (C=O) groups is 2. The number of methoxy groups -OCH3 is 2. The van der Waals surface area contributed by atoms with E-state index in [1.807, 2.05) is 48.8 Å². The van der Waals surface area contributed by atoms with Gasteiger partial charge in [0, 0.05) is 58.8 Å². The average molecular weight is 666 g/mol. The number of rotatable bonds is 15. The van der Waals surface area contributed by atoms with Crippen LogP contribution in [0.2, 0.25) is 0 Å². The third-order valence-corrected chi connectivity index (χ3v) is 9.06. The fraction of sp³-hybridized carbons (Fsp3) is 0.357. The molecule has 10 nitrogen and oxygen atoms in total. The first-order valence-corrected chi connectivity index (χ1v) is 15.5. The van der Waals surface area contributed by atoms with E-state index in [4.69, 9.17) is 20.9 Å². The Morgan fingerprint density at radius 2 is 1.20 bits per heavy atom. The molecule has 0 radical (unpaired) electrons. The second-order valence-corrected chi connectivity index (χ2v) is 11.9. The highest BCUT2D eigenvalue weighted by Gasteiger charge is 2.17. The maximum absolute atomic E-state index is 12.4. The van der Waals surface area contributed by atoms with Gasteiger partial charge in [-0.2, -0.15) is 0 Å². The molecule has 0 spiro atoms. The van der Waals surface area contributed by atoms with Gasteiger partial charge in [-0.05, 0) is 60.4 Å². The molecule has 0 aliphatic rings. The molecule has 0 saturated heterocycles. The minimum atomic E-state index is -0.652. The number of amides is 2. The first-order valence-electron chi connectivity index (χ1n) is 13.0. The van der Waals surface area contributed by atoms with Crippen LogP contribution in [0.5, 0.6) is 11.5 Å². The van der Waals surface area contributed by atoms with Crippen LogP contribution in [0.3, 0.4) is 0 Å². The van der Waals surface area contributed by atoms with Crippen molar-refractivity contribution in [1.29, 1.82) is 0 Å². The van der Waals surface area contributed by atoms with Crippen molar-refractivity contribution in [2.75, 3.05) is 38.8 Å². The Morgan fingerprint density at radius 3 is 1.59 bits per heavy atom. The fourth-order valence-corrected chi connectivity index (χ4v) is 6.53. The Bertz CT molecular complexity index is 1340. The van der Waals surface area contributed by atoms with Gasteiger partial charge in [0.05, 0.1) is 26.3 Å². The highest BCUT2D eigenvalue weighted by atomic mass is 79.9. The third kappa shape index (κ3) is 8.82. The topological polar surface area (TPSA) is 160 Å². The molecule has 41 heavy (non-hydrogen) atoms. The summed E-state index contributed by atoms with van der Waals surface area (Å²) in [5, 5.41) is 7.95. The standard InChI is InChI=1S/C28H36N6O4S2.BrH/c1-37-19-3-5-25-21(11-19)17(13-33-25)7-9-31-27(35)23(29)15-39-40-16-24(30)28(36)32-10-8-18-14-34-26-6-4-20(38-2)12-22(18)26;/h3-6,11-14,23-24,33-34H,7-10,15-16,29-30H2,1-2H3,(H,31,35)(H,32,36);1H/t23-,24-;/m0./s1. The van der Waals surface area contributed by atoms with E-state index < -0.39 is 12.1 Å². The number of nitrogens with two attached hydrogens (primary N) is 2. The van der Waals surface area contributed by atoms with Crippen molar-refractivity contribution >= 4 is 72.2 Å². The molecular formula is C28H37BrN6O4S2. The Labute approximate surface area is 257 Å². The smallest absolute Gasteiger partial charge is 0.237 e. The third-order valence-electron chi connectivity index (χ3n) is 6.59. The Hall–Kier alpha value is -2.84. The lowest BCUT2D eigenvalue weighted by Crippen LogP contribution is -2.43. The van der Waals surface area contributed by atoms with E-state index in [-0.39, 0.29) is 28.8 Å². The van der Waals surface area contributed by atoms with Gasteiger partial charge in [-0.3, -0.25) is 9.59 Å². The van der Waals surface area contributed by atoms with Crippen LogP contribution in [0.1, 0.15) is 11.1 Å². The van der Waals surface area contributed by atoms with Crippen LogP contribution in [-0.2, 0) is 22.4 Å². The number of ether oxygens (including phenoxy) is 2. The molecule has 2 atom stereocenters. The summed E-state index contributed by atoms with van der Waals surface area (Å²) in [6, 6.07) is 10.4. The van der Waals surface area contributed by atoms with Crippen molar-refractivity contribution in [3.8, 4) is 11.5 Å². The number of carbonyl (C=O) groups excluding carboxylic acids is 2. The normalized spacial score (nSPS) is 12.5. The van der Waals surface area contributed by atoms with E-state index in [1.165, 1.54) is 21.6 Å². The number of H-pyrrole nitrogens is 2. The van der Waals surface area contributed by atoms with Gasteiger partial charge < -0.3 is 41.5 Å². The van der Waals surface area contributed by atoms with Crippen molar-refractivity contribution in [3.63, 3.8) is 0 Å². The van der Waals surface area contributed by atoms with Gasteiger partial charge in [0.2, 0.25) is 11.8 Å². The van der Waals surface area contributed by atoms with E-state index in [9.17, 15) is 9.59 Å². The number of hydrogen-bond donors (Lipinski definition) is 6. The van der Waals surface area contributed by atoms with Crippen molar-refractivity contribution in [3.05, 3.63) is 59.9 Å². The molecule has 0 aliphatic heterocycles. The van der Waals surface area contributed by atoms with Crippen molar-refractivity contribution in [1.82, 2.24) is 20.6 Å². The van der Waals surface area contributed by atoms with Gasteiger partial charge >= 0.3 is 0 Å². The summed E-state index contributed by atoms with van der Waals surface area (Å²) in [7, 11) is 6.15. The summed E-state index contributed by atoms with van der Waals surface area (Å²) in [6.45, 7) is 0.956. The highest BCUT2D eigenvalue weighted by molar-refractivity contribution is 8.93. The summed E-state index contributed by atoms with van der Waals surface area (Å²) in [6.07, 6.45) is 5.24. The van der Waals surface area contributed by atoms with E-state index in [0.717, 1.165) is 44.4 Å². The quantitative estimate of drug-likeness (QED) is 0.0834. The zero-order valence-corrected chi connectivity index (χ0v) is 26.4. The van der Waals surface area contributed by atoms with Gasteiger partial charge in [-0.25, -0.2) is 0 Å². The highest BCUT2D eigenvalue weighted by Crippen LogP contribution is 2.25. The molecule has 0 aliphatic carbocycles. The number of aromatic nitrogens is 2. The summed E-state index contributed by atoms with van der Waals surface area (Å²) < 4.78 is 10.6. The molecule has 4 rings (SSSR count). The summed E-state index contributed by atoms with van der Waals surface area (Å²) in [4.78, 5) is 31.3. The molecule has 0 unspecified atom stereocenters. The summed E-state index contributed by atoms with van der Waals surface area (Å²) in [5.41, 5.74) is 16.4. The van der Waals surface area contributed by atoms with Crippen LogP contribution < -0.4 is 31.6 Å². The van der Waals surface area contributed by atoms with Crippen LogP contribution in [0, 0.1) is 0 Å². The number of aromatic amines is 2. The number of benzene rings is 2. The zero-order chi connectivity index (χ0) is 28.5. The SMILES string of the molecule is Br.COc1ccc2[nH]cc(CCNC(=O)[C@@H](N)CSSC[C@H](N)C(=O)NCCc3c[nH]c4ccc(OC)cc34)c2c1. The first-order chi connectivity index (χ1) is 19.4. The molecule has 2 amide bonds. The average Bonchev–Trinajstić information content (AvgIpc) is 3.57. The van der Waals surface area contributed by atoms with Gasteiger partial charge in [-0.1, -0.05) is 21.6 Å². The lowest BCUT2D eigenvalue weighted by molar-refractivity contribution is -0.122. The Balaban J connectivity index is 0.00000462. The fourth-order valence-electron chi connectivity index (χ4n) is 4.28. The van der Waals surface area contributed by atoms with E-state index >= 15 is 0 Å². The van der Waals surface area contributed by atoms with E-state index in [0.29, 0.717) is 37.4 Å². The van der Waals surface area contributed by atoms with Gasteiger partial charge in [-0.15, -0.1) is 17.0 Å². The number of nitrogens with one attached hydrogen (secondary N) is 4. The largest absolute Gasteiger partial charge is 0.497 e. The second kappa shape index (κ2) is 16.0. The predicted octanol–water partition coefficient (Wildman–Crippen LogP) is 3.30. The minimum absolute atomic E-state index is 0. The van der Waals surface area contributed by atoms with E-state index in [1.54, 1.807) is 14.2 Å². The molecule has 0 saturated carbocycles. The molecule has 4 aromatic rings. The van der Waals surface area contributed by atoms with Crippen LogP contribution >= 0.6 is 38.6 Å². The predicted molar refractivity (Wildman–Crippen MR) is 174 cm³/mol. The van der Waals surface area contributed by atoms with Gasteiger partial charge in [0.1, 0.15) is 11.5 Å². The number of fused-ring (bicyclic) bond motifs is 2. The van der Waals surface area contributed by atoms with Gasteiger partial charge in [0.25, 0.3) is 0 Å². The van der Waals surface area contributed by atoms with Gasteiger partial charge in [0.15, 0.2) is 0 Å². The minimum Gasteiger partial charge on any atom is -0.497 e. The lowest BCUT2D eigenvalue weighted by Gasteiger charge is -2.14. The monoisotopic (exact) mass is 664 g/mol. The van der Waals surface area contributed by atoms with Crippen molar-refractivity contribution in [2.45, 2.75) is 24.9 Å². The zero-order valence-electron chi connectivity index (χ0n) is 23.0. The molecule has 0 bridgehead atoms. The van der Waals surface area contributed by atoms with Crippen molar-refractivity contribution in [2.24, 2.45) is 11.5 Å². The molecule has 2 aromatic carbocycles. The molecule has 13 heteroatoms. The summed E-state index contributed by atoms with van der Waals surface area (Å²) in [5.74, 6) is 2.00. The maximum atomic E-state index is 12.4. The molecule has 0 fully saturated rings. The second-order valence-electron chi connectivity index (χ2n) is 9.31. The van der Waals surface area contributed by atoms with Crippen molar-refractivity contribution < 1.29 is 19.1 Å². The molecule has 2 heterocycles. The van der Waals surface area contributed by atoms with E-state index in [2.05, 4.69) is 20.6 Å². The summed E-state index contributed by atoms with van der Waals surface area (Å²) >= 11 is 0. The first kappa shape index (κ1) is 32.7. The molecular weight excluding hydrogens is 628 g/mol. The molecule has 2 aromatic heterocycles.